The molecule has 0 spiro atoms. The monoisotopic (exact) mass is 219 g/mol. The molecule has 0 saturated carbocycles. The summed E-state index contributed by atoms with van der Waals surface area (Å²) in [6.07, 6.45) is 3.55. The van der Waals surface area contributed by atoms with Crippen LogP contribution in [-0.4, -0.2) is 10.7 Å². The average molecular weight is 219 g/mol. The molecule has 0 saturated heterocycles. The van der Waals surface area contributed by atoms with Crippen molar-refractivity contribution in [2.24, 2.45) is 11.8 Å². The Labute approximate surface area is 97.6 Å². The van der Waals surface area contributed by atoms with Gasteiger partial charge < -0.3 is 11.1 Å². The summed E-state index contributed by atoms with van der Waals surface area (Å²) in [6.45, 7) is 6.61. The smallest absolute Gasteiger partial charge is 0.0838 e. The number of nitrogens with zero attached hydrogens (tertiary/aromatic N) is 1. The first-order valence-electron chi connectivity index (χ1n) is 5.78. The number of rotatable bonds is 5. The Balaban J connectivity index is 2.55. The van der Waals surface area contributed by atoms with Crippen LogP contribution >= 0.6 is 0 Å². The first-order chi connectivity index (χ1) is 7.49. The minimum absolute atomic E-state index is 0.534. The molecule has 0 aliphatic rings. The van der Waals surface area contributed by atoms with E-state index in [1.807, 2.05) is 6.07 Å². The number of hydrogen-bond acceptors (Lipinski definition) is 3. The Hall–Kier alpha value is -1.38. The molecule has 0 amide bonds. The zero-order chi connectivity index (χ0) is 12.1. The Morgan fingerprint density at radius 2 is 2.06 bits per heavy atom. The van der Waals surface area contributed by atoms with E-state index in [0.717, 1.165) is 18.5 Å². The molecule has 0 aromatic carbocycles. The second-order valence-corrected chi connectivity index (χ2v) is 4.89. The van der Waals surface area contributed by atoms with Crippen LogP contribution in [0, 0.1) is 17.2 Å². The molecule has 1 aromatic rings. The van der Waals surface area contributed by atoms with Crippen molar-refractivity contribution in [1.82, 2.24) is 4.98 Å². The molecular weight excluding hydrogens is 198 g/mol. The fourth-order valence-corrected chi connectivity index (χ4v) is 1.92. The minimum Gasteiger partial charge on any atom is -0.397 e. The predicted octanol–water partition coefficient (Wildman–Crippen LogP) is 3.10. The maximum Gasteiger partial charge on any atom is 0.0838 e. The van der Waals surface area contributed by atoms with Crippen molar-refractivity contribution >= 4 is 11.4 Å². The lowest BCUT2D eigenvalue weighted by Gasteiger charge is -2.14. The highest BCUT2D eigenvalue weighted by Crippen LogP contribution is 2.17. The number of hydrogen-bond donors (Lipinski definition) is 2. The molecule has 0 aliphatic heterocycles. The zero-order valence-electron chi connectivity index (χ0n) is 10.3. The van der Waals surface area contributed by atoms with Gasteiger partial charge in [-0.15, -0.1) is 0 Å². The van der Waals surface area contributed by atoms with Gasteiger partial charge in [-0.2, -0.15) is 0 Å². The fourth-order valence-electron chi connectivity index (χ4n) is 1.92. The van der Waals surface area contributed by atoms with Gasteiger partial charge in [0, 0.05) is 0 Å². The van der Waals surface area contributed by atoms with Crippen LogP contribution in [0.15, 0.2) is 18.3 Å². The van der Waals surface area contributed by atoms with E-state index in [0.29, 0.717) is 23.2 Å². The molecule has 16 heavy (non-hydrogen) atoms. The topological polar surface area (TPSA) is 62.8 Å². The maximum atomic E-state index is 7.97. The lowest BCUT2D eigenvalue weighted by atomic mass is 9.93. The van der Waals surface area contributed by atoms with E-state index >= 15 is 0 Å². The van der Waals surface area contributed by atoms with Crippen LogP contribution in [0.25, 0.3) is 0 Å². The van der Waals surface area contributed by atoms with Crippen molar-refractivity contribution in [3.05, 3.63) is 24.0 Å². The fraction of sp³-hybridized carbons (Fsp3) is 0.538. The number of nitrogens with two attached hydrogens (primary N) is 1. The van der Waals surface area contributed by atoms with Gasteiger partial charge in [-0.05, 0) is 36.8 Å². The SMILES string of the molecule is CC(C)C[C@H](C)CC(=N)c1ccc(N)cn1. The molecule has 88 valence electrons. The van der Waals surface area contributed by atoms with E-state index < -0.39 is 0 Å². The van der Waals surface area contributed by atoms with Gasteiger partial charge in [0.15, 0.2) is 0 Å². The van der Waals surface area contributed by atoms with Gasteiger partial charge in [-0.1, -0.05) is 20.8 Å². The number of anilines is 1. The number of pyridine rings is 1. The van der Waals surface area contributed by atoms with Crippen LogP contribution < -0.4 is 5.73 Å². The molecular formula is C13H21N3. The highest BCUT2D eigenvalue weighted by atomic mass is 14.7. The Bertz CT molecular complexity index is 341. The summed E-state index contributed by atoms with van der Waals surface area (Å²) in [5.74, 6) is 1.22. The molecule has 0 unspecified atom stereocenters. The van der Waals surface area contributed by atoms with Crippen molar-refractivity contribution < 1.29 is 0 Å². The lowest BCUT2D eigenvalue weighted by molar-refractivity contribution is 0.450. The summed E-state index contributed by atoms with van der Waals surface area (Å²) in [7, 11) is 0. The van der Waals surface area contributed by atoms with Crippen molar-refractivity contribution in [1.29, 1.82) is 5.41 Å². The molecule has 0 aliphatic carbocycles. The van der Waals surface area contributed by atoms with Crippen LogP contribution in [0.2, 0.25) is 0 Å². The van der Waals surface area contributed by atoms with Gasteiger partial charge in [0.1, 0.15) is 0 Å². The Morgan fingerprint density at radius 1 is 1.38 bits per heavy atom. The van der Waals surface area contributed by atoms with Gasteiger partial charge in [0.2, 0.25) is 0 Å². The van der Waals surface area contributed by atoms with Crippen LogP contribution in [0.5, 0.6) is 0 Å². The highest BCUT2D eigenvalue weighted by Gasteiger charge is 2.10. The number of nitrogens with one attached hydrogen (secondary N) is 1. The van der Waals surface area contributed by atoms with E-state index in [-0.39, 0.29) is 0 Å². The summed E-state index contributed by atoms with van der Waals surface area (Å²) < 4.78 is 0. The Morgan fingerprint density at radius 3 is 2.56 bits per heavy atom. The summed E-state index contributed by atoms with van der Waals surface area (Å²) in [5, 5.41) is 7.97. The van der Waals surface area contributed by atoms with Gasteiger partial charge in [-0.3, -0.25) is 4.98 Å². The summed E-state index contributed by atoms with van der Waals surface area (Å²) in [4.78, 5) is 4.16. The molecule has 0 radical (unpaired) electrons. The summed E-state index contributed by atoms with van der Waals surface area (Å²) in [6, 6.07) is 3.61. The van der Waals surface area contributed by atoms with Crippen molar-refractivity contribution in [3.8, 4) is 0 Å². The molecule has 1 atom stereocenters. The molecule has 0 fully saturated rings. The van der Waals surface area contributed by atoms with Gasteiger partial charge in [-0.25, -0.2) is 0 Å². The largest absolute Gasteiger partial charge is 0.397 e. The highest BCUT2D eigenvalue weighted by molar-refractivity contribution is 5.96. The van der Waals surface area contributed by atoms with Gasteiger partial charge in [0.05, 0.1) is 23.3 Å². The third kappa shape index (κ3) is 4.01. The second-order valence-electron chi connectivity index (χ2n) is 4.89. The van der Waals surface area contributed by atoms with E-state index in [2.05, 4.69) is 25.8 Å². The normalized spacial score (nSPS) is 12.8. The average Bonchev–Trinajstić information content (AvgIpc) is 2.16. The van der Waals surface area contributed by atoms with Gasteiger partial charge in [0.25, 0.3) is 0 Å². The van der Waals surface area contributed by atoms with Crippen molar-refractivity contribution in [2.45, 2.75) is 33.6 Å². The first-order valence-corrected chi connectivity index (χ1v) is 5.78. The van der Waals surface area contributed by atoms with E-state index in [1.54, 1.807) is 12.3 Å². The summed E-state index contributed by atoms with van der Waals surface area (Å²) >= 11 is 0. The van der Waals surface area contributed by atoms with Crippen LogP contribution in [0.1, 0.15) is 39.3 Å². The van der Waals surface area contributed by atoms with E-state index in [4.69, 9.17) is 11.1 Å². The molecule has 3 heteroatoms. The molecule has 0 bridgehead atoms. The van der Waals surface area contributed by atoms with E-state index in [9.17, 15) is 0 Å². The quantitative estimate of drug-likeness (QED) is 0.747. The minimum atomic E-state index is 0.534. The molecule has 1 aromatic heterocycles. The number of nitrogen functional groups attached to an aromatic ring is 1. The van der Waals surface area contributed by atoms with Crippen LogP contribution in [0.4, 0.5) is 5.69 Å². The second kappa shape index (κ2) is 5.64. The third-order valence-electron chi connectivity index (χ3n) is 2.52. The lowest BCUT2D eigenvalue weighted by Crippen LogP contribution is -2.10. The standard InChI is InChI=1S/C13H21N3/c1-9(2)6-10(3)7-12(15)13-5-4-11(14)8-16-13/h4-5,8-10,15H,6-7,14H2,1-3H3/t10-/m0/s1. The van der Waals surface area contributed by atoms with Crippen LogP contribution in [-0.2, 0) is 0 Å². The van der Waals surface area contributed by atoms with Crippen molar-refractivity contribution in [3.63, 3.8) is 0 Å². The maximum absolute atomic E-state index is 7.97. The third-order valence-corrected chi connectivity index (χ3v) is 2.52. The van der Waals surface area contributed by atoms with Crippen LogP contribution in [0.3, 0.4) is 0 Å². The predicted molar refractivity (Wildman–Crippen MR) is 68.7 cm³/mol. The van der Waals surface area contributed by atoms with E-state index in [1.165, 1.54) is 0 Å². The molecule has 1 rings (SSSR count). The Kier molecular flexibility index (Phi) is 4.47. The molecule has 3 N–H and O–H groups in total. The summed E-state index contributed by atoms with van der Waals surface area (Å²) in [5.41, 5.74) is 7.55. The zero-order valence-corrected chi connectivity index (χ0v) is 10.3. The number of aromatic nitrogens is 1. The first kappa shape index (κ1) is 12.7. The molecule has 3 nitrogen and oxygen atoms in total. The van der Waals surface area contributed by atoms with Crippen molar-refractivity contribution in [2.75, 3.05) is 5.73 Å². The van der Waals surface area contributed by atoms with Gasteiger partial charge >= 0.3 is 0 Å². The molecule has 1 heterocycles.